The van der Waals surface area contributed by atoms with E-state index in [9.17, 15) is 4.79 Å². The van der Waals surface area contributed by atoms with Crippen molar-refractivity contribution in [2.45, 2.75) is 75.5 Å². The van der Waals surface area contributed by atoms with Gasteiger partial charge in [-0.25, -0.2) is 0 Å². The van der Waals surface area contributed by atoms with Crippen molar-refractivity contribution in [1.82, 2.24) is 0 Å². The molecule has 1 aromatic rings. The molecule has 2 bridgehead atoms. The SMILES string of the molecule is COC12CCC(c3ccc(N(C(C)=O)[C@@H](CCCN)O[B]O)cc3)(CC1)CC2. The van der Waals surface area contributed by atoms with E-state index in [-0.39, 0.29) is 16.9 Å². The molecule has 3 fully saturated rings. The lowest BCUT2D eigenvalue weighted by atomic mass is 9.56. The molecule has 153 valence electrons. The molecule has 3 aliphatic rings. The van der Waals surface area contributed by atoms with E-state index in [2.05, 4.69) is 12.1 Å². The molecule has 7 heteroatoms. The molecule has 1 radical (unpaired) electrons. The topological polar surface area (TPSA) is 85.0 Å². The van der Waals surface area contributed by atoms with Gasteiger partial charge in [-0.2, -0.15) is 0 Å². The Bertz CT molecular complexity index is 642. The van der Waals surface area contributed by atoms with Gasteiger partial charge >= 0.3 is 7.69 Å². The van der Waals surface area contributed by atoms with Crippen molar-refractivity contribution >= 4 is 19.3 Å². The first kappa shape index (κ1) is 21.3. The summed E-state index contributed by atoms with van der Waals surface area (Å²) < 4.78 is 11.1. The van der Waals surface area contributed by atoms with Crippen LogP contribution < -0.4 is 10.6 Å². The summed E-state index contributed by atoms with van der Waals surface area (Å²) in [5.74, 6) is -0.130. The van der Waals surface area contributed by atoms with Crippen LogP contribution in [0.1, 0.15) is 63.9 Å². The Morgan fingerprint density at radius 3 is 2.29 bits per heavy atom. The fraction of sp³-hybridized carbons (Fsp3) is 0.667. The summed E-state index contributed by atoms with van der Waals surface area (Å²) in [5, 5.41) is 9.11. The number of amides is 1. The molecule has 6 nitrogen and oxygen atoms in total. The van der Waals surface area contributed by atoms with Gasteiger partial charge in [0.2, 0.25) is 5.91 Å². The second-order valence-electron chi connectivity index (χ2n) is 8.23. The molecular weight excluding hydrogens is 355 g/mol. The minimum Gasteiger partial charge on any atom is -0.429 e. The molecule has 0 spiro atoms. The standard InChI is InChI=1S/C21H32BN2O4/c1-16(25)24(19(28-22-26)4-3-15-23)18-7-5-17(6-8-18)20-9-12-21(27-2,13-10-20)14-11-20/h5-8,19,26H,3-4,9-15,23H2,1-2H3/t19-,20?,21?/m1/s1. The molecule has 3 N–H and O–H groups in total. The van der Waals surface area contributed by atoms with Gasteiger partial charge in [0.05, 0.1) is 5.60 Å². The van der Waals surface area contributed by atoms with Crippen LogP contribution in [0.4, 0.5) is 5.69 Å². The van der Waals surface area contributed by atoms with Crippen molar-refractivity contribution in [3.8, 4) is 0 Å². The molecule has 1 aromatic carbocycles. The predicted octanol–water partition coefficient (Wildman–Crippen LogP) is 2.64. The second-order valence-corrected chi connectivity index (χ2v) is 8.23. The van der Waals surface area contributed by atoms with E-state index < -0.39 is 6.23 Å². The first-order valence-corrected chi connectivity index (χ1v) is 10.3. The van der Waals surface area contributed by atoms with Crippen LogP contribution in [0.5, 0.6) is 0 Å². The Balaban J connectivity index is 1.79. The molecular formula is C21H32BN2O4. The highest BCUT2D eigenvalue weighted by Crippen LogP contribution is 2.54. The first-order valence-electron chi connectivity index (χ1n) is 10.3. The highest BCUT2D eigenvalue weighted by Gasteiger charge is 2.49. The molecule has 0 aliphatic heterocycles. The Labute approximate surface area is 168 Å². The minimum atomic E-state index is -0.568. The Hall–Kier alpha value is -1.41. The van der Waals surface area contributed by atoms with Gasteiger partial charge in [-0.05, 0) is 81.0 Å². The summed E-state index contributed by atoms with van der Waals surface area (Å²) in [4.78, 5) is 13.9. The van der Waals surface area contributed by atoms with Crippen LogP contribution in [-0.4, -0.2) is 44.1 Å². The third-order valence-corrected chi connectivity index (χ3v) is 6.87. The van der Waals surface area contributed by atoms with E-state index >= 15 is 0 Å². The second kappa shape index (κ2) is 8.95. The largest absolute Gasteiger partial charge is 0.486 e. The number of carbonyl (C=O) groups excluding carboxylic acids is 1. The zero-order valence-electron chi connectivity index (χ0n) is 17.0. The maximum absolute atomic E-state index is 12.3. The number of fused-ring (bicyclic) bond motifs is 3. The highest BCUT2D eigenvalue weighted by molar-refractivity contribution is 6.16. The lowest BCUT2D eigenvalue weighted by molar-refractivity contribution is -0.118. The Morgan fingerprint density at radius 2 is 1.82 bits per heavy atom. The summed E-state index contributed by atoms with van der Waals surface area (Å²) in [6, 6.07) is 8.29. The number of anilines is 1. The summed E-state index contributed by atoms with van der Waals surface area (Å²) >= 11 is 0. The maximum atomic E-state index is 12.3. The lowest BCUT2D eigenvalue weighted by Crippen LogP contribution is -2.49. The minimum absolute atomic E-state index is 0.0987. The van der Waals surface area contributed by atoms with Gasteiger partial charge in [0.15, 0.2) is 0 Å². The quantitative estimate of drug-likeness (QED) is 0.503. The van der Waals surface area contributed by atoms with Gasteiger partial charge in [0.25, 0.3) is 0 Å². The highest BCUT2D eigenvalue weighted by atomic mass is 16.5. The lowest BCUT2D eigenvalue weighted by Gasteiger charge is -2.53. The number of ether oxygens (including phenoxy) is 1. The number of hydrogen-bond acceptors (Lipinski definition) is 5. The van der Waals surface area contributed by atoms with Gasteiger partial charge < -0.3 is 20.1 Å². The molecule has 3 saturated carbocycles. The third kappa shape index (κ3) is 4.13. The summed E-state index contributed by atoms with van der Waals surface area (Å²) in [6.07, 6.45) is 7.49. The van der Waals surface area contributed by atoms with Crippen LogP contribution in [-0.2, 0) is 19.6 Å². The number of methoxy groups -OCH3 is 1. The normalized spacial score (nSPS) is 27.4. The molecule has 4 rings (SSSR count). The predicted molar refractivity (Wildman–Crippen MR) is 110 cm³/mol. The van der Waals surface area contributed by atoms with E-state index in [1.54, 1.807) is 4.90 Å². The van der Waals surface area contributed by atoms with Crippen LogP contribution in [0.3, 0.4) is 0 Å². The van der Waals surface area contributed by atoms with E-state index in [1.807, 2.05) is 19.2 Å². The van der Waals surface area contributed by atoms with Crippen molar-refractivity contribution in [1.29, 1.82) is 0 Å². The van der Waals surface area contributed by atoms with Crippen LogP contribution in [0.15, 0.2) is 24.3 Å². The number of rotatable bonds is 9. The summed E-state index contributed by atoms with van der Waals surface area (Å²) in [7, 11) is 2.49. The van der Waals surface area contributed by atoms with E-state index in [0.717, 1.165) is 44.2 Å². The zero-order chi connectivity index (χ0) is 20.2. The molecule has 1 atom stereocenters. The zero-order valence-corrected chi connectivity index (χ0v) is 17.0. The molecule has 3 aliphatic carbocycles. The Morgan fingerprint density at radius 1 is 1.21 bits per heavy atom. The van der Waals surface area contributed by atoms with Gasteiger partial charge in [0.1, 0.15) is 6.23 Å². The van der Waals surface area contributed by atoms with Crippen molar-refractivity contribution in [2.24, 2.45) is 5.73 Å². The van der Waals surface area contributed by atoms with Crippen LogP contribution in [0.2, 0.25) is 0 Å². The van der Waals surface area contributed by atoms with Crippen molar-refractivity contribution in [3.05, 3.63) is 29.8 Å². The monoisotopic (exact) mass is 387 g/mol. The van der Waals surface area contributed by atoms with Crippen molar-refractivity contribution in [3.63, 3.8) is 0 Å². The number of benzene rings is 1. The first-order chi connectivity index (χ1) is 13.5. The molecule has 28 heavy (non-hydrogen) atoms. The van der Waals surface area contributed by atoms with E-state index in [1.165, 1.54) is 12.5 Å². The van der Waals surface area contributed by atoms with E-state index in [0.29, 0.717) is 27.1 Å². The van der Waals surface area contributed by atoms with Crippen molar-refractivity contribution in [2.75, 3.05) is 18.6 Å². The fourth-order valence-electron chi connectivity index (χ4n) is 5.04. The van der Waals surface area contributed by atoms with Crippen LogP contribution >= 0.6 is 0 Å². The van der Waals surface area contributed by atoms with Gasteiger partial charge in [-0.3, -0.25) is 9.69 Å². The summed E-state index contributed by atoms with van der Waals surface area (Å²) in [5.41, 5.74) is 8.05. The molecule has 0 unspecified atom stereocenters. The van der Waals surface area contributed by atoms with Crippen LogP contribution in [0, 0.1) is 0 Å². The number of nitrogens with zero attached hydrogens (tertiary/aromatic N) is 1. The third-order valence-electron chi connectivity index (χ3n) is 6.87. The number of nitrogens with two attached hydrogens (primary N) is 1. The molecule has 1 amide bonds. The maximum Gasteiger partial charge on any atom is 0.486 e. The smallest absolute Gasteiger partial charge is 0.429 e. The van der Waals surface area contributed by atoms with Gasteiger partial charge in [-0.1, -0.05) is 12.1 Å². The van der Waals surface area contributed by atoms with Gasteiger partial charge in [-0.15, -0.1) is 0 Å². The molecule has 0 heterocycles. The summed E-state index contributed by atoms with van der Waals surface area (Å²) in [6.45, 7) is 2.01. The molecule has 0 aromatic heterocycles. The Kier molecular flexibility index (Phi) is 6.81. The molecule has 0 saturated heterocycles. The number of carbonyl (C=O) groups is 1. The van der Waals surface area contributed by atoms with Crippen molar-refractivity contribution < 1.29 is 19.2 Å². The van der Waals surface area contributed by atoms with Gasteiger partial charge in [0, 0.05) is 19.7 Å². The van der Waals surface area contributed by atoms with E-state index in [4.69, 9.17) is 20.1 Å². The average molecular weight is 387 g/mol. The number of hydrogen-bond donors (Lipinski definition) is 2. The van der Waals surface area contributed by atoms with Crippen LogP contribution in [0.25, 0.3) is 0 Å². The average Bonchev–Trinajstić information content (AvgIpc) is 2.73. The fourth-order valence-corrected chi connectivity index (χ4v) is 5.04.